The number of nitrogens with one attached hydrogen (secondary N) is 1. The molecular weight excluding hydrogens is 398 g/mol. The molecule has 1 aromatic heterocycles. The van der Waals surface area contributed by atoms with Crippen molar-refractivity contribution in [2.24, 2.45) is 7.05 Å². The smallest absolute Gasteiger partial charge is 0.243 e. The summed E-state index contributed by atoms with van der Waals surface area (Å²) in [5, 5.41) is 3.91. The number of hydrogen-bond donors (Lipinski definition) is 1. The summed E-state index contributed by atoms with van der Waals surface area (Å²) in [6.45, 7) is 1.11. The van der Waals surface area contributed by atoms with Crippen molar-refractivity contribution in [1.29, 1.82) is 0 Å². The summed E-state index contributed by atoms with van der Waals surface area (Å²) in [6, 6.07) is 14.5. The molecule has 0 spiro atoms. The van der Waals surface area contributed by atoms with E-state index in [0.717, 1.165) is 42.1 Å². The molecule has 1 fully saturated rings. The second-order valence-electron chi connectivity index (χ2n) is 7.85. The second-order valence-corrected chi connectivity index (χ2v) is 9.79. The third kappa shape index (κ3) is 4.27. The lowest BCUT2D eigenvalue weighted by Crippen LogP contribution is -2.32. The first-order valence-corrected chi connectivity index (χ1v) is 11.8. The zero-order valence-corrected chi connectivity index (χ0v) is 18.0. The predicted molar refractivity (Wildman–Crippen MR) is 119 cm³/mol. The standard InChI is InChI=1S/C23H27N3O3S/c1-25-17-18(21-11-4-5-12-22(21)25)15-23(27)24-19-9-8-10-20(16-19)30(28,29)26-13-6-2-3-7-14-26/h4-5,8-12,16-17H,2-3,6-7,13-15H2,1H3,(H,24,27). The van der Waals surface area contributed by atoms with E-state index in [1.165, 1.54) is 0 Å². The van der Waals surface area contributed by atoms with Gasteiger partial charge >= 0.3 is 0 Å². The molecule has 2 aromatic carbocycles. The first-order valence-electron chi connectivity index (χ1n) is 10.4. The predicted octanol–water partition coefficient (Wildman–Crippen LogP) is 3.92. The first kappa shape index (κ1) is 20.6. The molecule has 1 saturated heterocycles. The Kier molecular flexibility index (Phi) is 5.92. The average molecular weight is 426 g/mol. The van der Waals surface area contributed by atoms with Crippen LogP contribution in [0, 0.1) is 0 Å². The number of fused-ring (bicyclic) bond motifs is 1. The summed E-state index contributed by atoms with van der Waals surface area (Å²) < 4.78 is 29.6. The number of anilines is 1. The van der Waals surface area contributed by atoms with Crippen LogP contribution in [0.3, 0.4) is 0 Å². The highest BCUT2D eigenvalue weighted by Crippen LogP contribution is 2.24. The summed E-state index contributed by atoms with van der Waals surface area (Å²) in [5.74, 6) is -0.171. The van der Waals surface area contributed by atoms with E-state index >= 15 is 0 Å². The van der Waals surface area contributed by atoms with E-state index in [-0.39, 0.29) is 17.2 Å². The van der Waals surface area contributed by atoms with Crippen LogP contribution in [0.15, 0.2) is 59.6 Å². The maximum absolute atomic E-state index is 13.0. The van der Waals surface area contributed by atoms with Gasteiger partial charge in [-0.2, -0.15) is 4.31 Å². The van der Waals surface area contributed by atoms with E-state index in [2.05, 4.69) is 5.32 Å². The fourth-order valence-electron chi connectivity index (χ4n) is 4.11. The number of amides is 1. The Bertz CT molecular complexity index is 1160. The van der Waals surface area contributed by atoms with E-state index in [1.54, 1.807) is 28.6 Å². The largest absolute Gasteiger partial charge is 0.350 e. The number of para-hydroxylation sites is 1. The highest BCUT2D eigenvalue weighted by atomic mass is 32.2. The van der Waals surface area contributed by atoms with Gasteiger partial charge < -0.3 is 9.88 Å². The van der Waals surface area contributed by atoms with Gasteiger partial charge in [-0.25, -0.2) is 8.42 Å². The van der Waals surface area contributed by atoms with Crippen LogP contribution in [-0.4, -0.2) is 36.3 Å². The number of benzene rings is 2. The van der Waals surface area contributed by atoms with Crippen LogP contribution < -0.4 is 5.32 Å². The lowest BCUT2D eigenvalue weighted by Gasteiger charge is -2.20. The molecular formula is C23H27N3O3S. The molecule has 7 heteroatoms. The molecule has 0 radical (unpaired) electrons. The van der Waals surface area contributed by atoms with Crippen LogP contribution in [0.4, 0.5) is 5.69 Å². The van der Waals surface area contributed by atoms with Crippen molar-refractivity contribution in [1.82, 2.24) is 8.87 Å². The molecule has 6 nitrogen and oxygen atoms in total. The van der Waals surface area contributed by atoms with Crippen LogP contribution in [-0.2, 0) is 28.3 Å². The molecule has 30 heavy (non-hydrogen) atoms. The molecule has 1 amide bonds. The van der Waals surface area contributed by atoms with Gasteiger partial charge in [0.05, 0.1) is 11.3 Å². The van der Waals surface area contributed by atoms with Gasteiger partial charge in [0.1, 0.15) is 0 Å². The molecule has 158 valence electrons. The van der Waals surface area contributed by atoms with Crippen molar-refractivity contribution < 1.29 is 13.2 Å². The van der Waals surface area contributed by atoms with E-state index < -0.39 is 10.0 Å². The number of aryl methyl sites for hydroxylation is 1. The number of rotatable bonds is 5. The van der Waals surface area contributed by atoms with Gasteiger partial charge in [0.15, 0.2) is 0 Å². The quantitative estimate of drug-likeness (QED) is 0.673. The van der Waals surface area contributed by atoms with Crippen molar-refractivity contribution in [2.75, 3.05) is 18.4 Å². The Morgan fingerprint density at radius 1 is 1.00 bits per heavy atom. The molecule has 3 aromatic rings. The van der Waals surface area contributed by atoms with Gasteiger partial charge in [-0.15, -0.1) is 0 Å². The Balaban J connectivity index is 1.50. The van der Waals surface area contributed by atoms with Gasteiger partial charge in [-0.3, -0.25) is 4.79 Å². The average Bonchev–Trinajstić information content (AvgIpc) is 2.91. The van der Waals surface area contributed by atoms with Crippen LogP contribution >= 0.6 is 0 Å². The lowest BCUT2D eigenvalue weighted by molar-refractivity contribution is -0.115. The zero-order chi connectivity index (χ0) is 21.1. The zero-order valence-electron chi connectivity index (χ0n) is 17.2. The fourth-order valence-corrected chi connectivity index (χ4v) is 5.67. The van der Waals surface area contributed by atoms with Crippen molar-refractivity contribution in [3.63, 3.8) is 0 Å². The van der Waals surface area contributed by atoms with E-state index in [9.17, 15) is 13.2 Å². The number of sulfonamides is 1. The second kappa shape index (κ2) is 8.62. The Morgan fingerprint density at radius 2 is 1.73 bits per heavy atom. The minimum atomic E-state index is -3.55. The Labute approximate surface area is 177 Å². The first-order chi connectivity index (χ1) is 14.4. The van der Waals surface area contributed by atoms with Gasteiger partial charge in [-0.05, 0) is 42.7 Å². The molecule has 0 saturated carbocycles. The SMILES string of the molecule is Cn1cc(CC(=O)Nc2cccc(S(=O)(=O)N3CCCCCC3)c2)c2ccccc21. The van der Waals surface area contributed by atoms with Crippen molar-refractivity contribution in [3.05, 3.63) is 60.3 Å². The lowest BCUT2D eigenvalue weighted by atomic mass is 10.1. The molecule has 1 N–H and O–H groups in total. The molecule has 0 bridgehead atoms. The summed E-state index contributed by atoms with van der Waals surface area (Å²) in [5.41, 5.74) is 2.51. The molecule has 1 aliphatic heterocycles. The maximum atomic E-state index is 13.0. The van der Waals surface area contributed by atoms with Gasteiger partial charge in [0.25, 0.3) is 0 Å². The number of hydrogen-bond acceptors (Lipinski definition) is 3. The summed E-state index contributed by atoms with van der Waals surface area (Å²) in [4.78, 5) is 12.9. The third-order valence-corrected chi connectivity index (χ3v) is 7.55. The van der Waals surface area contributed by atoms with Gasteiger partial charge in [0.2, 0.25) is 15.9 Å². The monoisotopic (exact) mass is 425 g/mol. The highest BCUT2D eigenvalue weighted by Gasteiger charge is 2.25. The number of carbonyl (C=O) groups excluding carboxylic acids is 1. The summed E-state index contributed by atoms with van der Waals surface area (Å²) in [7, 11) is -1.59. The summed E-state index contributed by atoms with van der Waals surface area (Å²) >= 11 is 0. The van der Waals surface area contributed by atoms with Gasteiger partial charge in [0, 0.05) is 42.9 Å². The van der Waals surface area contributed by atoms with Crippen LogP contribution in [0.1, 0.15) is 31.2 Å². The molecule has 0 unspecified atom stereocenters. The Hall–Kier alpha value is -2.64. The van der Waals surface area contributed by atoms with Crippen molar-refractivity contribution >= 4 is 32.5 Å². The van der Waals surface area contributed by atoms with Crippen molar-refractivity contribution in [2.45, 2.75) is 37.0 Å². The molecule has 0 atom stereocenters. The minimum absolute atomic E-state index is 0.171. The highest BCUT2D eigenvalue weighted by molar-refractivity contribution is 7.89. The van der Waals surface area contributed by atoms with Crippen LogP contribution in [0.25, 0.3) is 10.9 Å². The number of carbonyl (C=O) groups is 1. The minimum Gasteiger partial charge on any atom is -0.350 e. The molecule has 0 aliphatic carbocycles. The van der Waals surface area contributed by atoms with Crippen LogP contribution in [0.2, 0.25) is 0 Å². The maximum Gasteiger partial charge on any atom is 0.243 e. The van der Waals surface area contributed by atoms with Gasteiger partial charge in [-0.1, -0.05) is 37.1 Å². The fraction of sp³-hybridized carbons (Fsp3) is 0.348. The number of aromatic nitrogens is 1. The topological polar surface area (TPSA) is 71.4 Å². The number of nitrogens with zero attached hydrogens (tertiary/aromatic N) is 2. The van der Waals surface area contributed by atoms with E-state index in [0.29, 0.717) is 18.8 Å². The van der Waals surface area contributed by atoms with Crippen LogP contribution in [0.5, 0.6) is 0 Å². The van der Waals surface area contributed by atoms with E-state index in [4.69, 9.17) is 0 Å². The summed E-state index contributed by atoms with van der Waals surface area (Å²) in [6.07, 6.45) is 6.10. The van der Waals surface area contributed by atoms with Crippen molar-refractivity contribution in [3.8, 4) is 0 Å². The normalized spacial score (nSPS) is 15.8. The molecule has 1 aliphatic rings. The molecule has 4 rings (SSSR count). The van der Waals surface area contributed by atoms with E-state index in [1.807, 2.05) is 42.1 Å². The third-order valence-electron chi connectivity index (χ3n) is 5.65. The Morgan fingerprint density at radius 3 is 2.50 bits per heavy atom. The molecule has 2 heterocycles.